The summed E-state index contributed by atoms with van der Waals surface area (Å²) in [7, 11) is 1.45. The lowest BCUT2D eigenvalue weighted by Gasteiger charge is -2.32. The molecule has 0 atom stereocenters. The third-order valence-electron chi connectivity index (χ3n) is 3.57. The summed E-state index contributed by atoms with van der Waals surface area (Å²) in [6.45, 7) is 0.230. The molecule has 0 radical (unpaired) electrons. The lowest BCUT2D eigenvalue weighted by molar-refractivity contribution is -0.386. The molecule has 1 fully saturated rings. The Kier molecular flexibility index (Phi) is 4.39. The molecule has 1 heterocycles. The van der Waals surface area contributed by atoms with Crippen LogP contribution in [-0.4, -0.2) is 29.2 Å². The average molecular weight is 281 g/mol. The van der Waals surface area contributed by atoms with Gasteiger partial charge in [0.1, 0.15) is 6.61 Å². The van der Waals surface area contributed by atoms with Gasteiger partial charge in [0.25, 0.3) is 5.88 Å². The summed E-state index contributed by atoms with van der Waals surface area (Å²) in [4.78, 5) is 14.4. The Morgan fingerprint density at radius 2 is 2.10 bits per heavy atom. The number of rotatable bonds is 5. The Balaban J connectivity index is 2.12. The summed E-state index contributed by atoms with van der Waals surface area (Å²) in [5, 5.41) is 11.0. The van der Waals surface area contributed by atoms with Crippen molar-refractivity contribution in [2.45, 2.75) is 37.6 Å². The molecule has 2 N–H and O–H groups in total. The molecule has 1 aliphatic rings. The third kappa shape index (κ3) is 3.36. The van der Waals surface area contributed by atoms with E-state index in [-0.39, 0.29) is 24.1 Å². The quantitative estimate of drug-likeness (QED) is 0.654. The Labute approximate surface area is 117 Å². The average Bonchev–Trinajstić information content (AvgIpc) is 2.45. The summed E-state index contributed by atoms with van der Waals surface area (Å²) in [6.07, 6.45) is 5.03. The van der Waals surface area contributed by atoms with Crippen LogP contribution >= 0.6 is 0 Å². The van der Waals surface area contributed by atoms with Gasteiger partial charge in [0.15, 0.2) is 0 Å². The van der Waals surface area contributed by atoms with Gasteiger partial charge >= 0.3 is 5.69 Å². The maximum atomic E-state index is 11.0. The Morgan fingerprint density at radius 1 is 1.40 bits per heavy atom. The number of hydrogen-bond donors (Lipinski definition) is 1. The van der Waals surface area contributed by atoms with Crippen molar-refractivity contribution in [3.8, 4) is 11.8 Å². The molecular weight excluding hydrogens is 262 g/mol. The van der Waals surface area contributed by atoms with E-state index in [4.69, 9.17) is 15.2 Å². The number of nitrogens with zero attached hydrogens (tertiary/aromatic N) is 2. The number of hydrogen-bond acceptors (Lipinski definition) is 6. The number of ether oxygens (including phenoxy) is 2. The molecule has 2 rings (SSSR count). The summed E-state index contributed by atoms with van der Waals surface area (Å²) in [5.41, 5.74) is 5.65. The second kappa shape index (κ2) is 6.04. The van der Waals surface area contributed by atoms with Crippen LogP contribution in [0.25, 0.3) is 0 Å². The number of aromatic nitrogens is 1. The van der Waals surface area contributed by atoms with E-state index in [1.165, 1.54) is 25.7 Å². The van der Waals surface area contributed by atoms with E-state index in [0.717, 1.165) is 25.7 Å². The predicted molar refractivity (Wildman–Crippen MR) is 72.9 cm³/mol. The lowest BCUT2D eigenvalue weighted by Crippen LogP contribution is -2.47. The molecular formula is C13H19N3O4. The summed E-state index contributed by atoms with van der Waals surface area (Å²) in [6, 6.07) is 2.76. The second-order valence-corrected chi connectivity index (χ2v) is 5.15. The van der Waals surface area contributed by atoms with Gasteiger partial charge in [0.05, 0.1) is 17.6 Å². The van der Waals surface area contributed by atoms with Crippen LogP contribution in [0.3, 0.4) is 0 Å². The minimum absolute atomic E-state index is 0.0373. The van der Waals surface area contributed by atoms with Crippen LogP contribution in [0.1, 0.15) is 32.1 Å². The second-order valence-electron chi connectivity index (χ2n) is 5.15. The number of pyridine rings is 1. The molecule has 1 aromatic heterocycles. The van der Waals surface area contributed by atoms with Gasteiger partial charge in [0, 0.05) is 12.1 Å². The van der Waals surface area contributed by atoms with Gasteiger partial charge in [-0.1, -0.05) is 19.3 Å². The zero-order valence-corrected chi connectivity index (χ0v) is 11.5. The normalized spacial score (nSPS) is 17.5. The van der Waals surface area contributed by atoms with Crippen LogP contribution in [-0.2, 0) is 0 Å². The largest absolute Gasteiger partial charge is 0.481 e. The first-order valence-corrected chi connectivity index (χ1v) is 6.65. The van der Waals surface area contributed by atoms with Crippen molar-refractivity contribution < 1.29 is 14.4 Å². The maximum absolute atomic E-state index is 11.0. The zero-order valence-electron chi connectivity index (χ0n) is 11.5. The van der Waals surface area contributed by atoms with Crippen molar-refractivity contribution in [1.82, 2.24) is 4.98 Å². The van der Waals surface area contributed by atoms with Crippen LogP contribution in [0.4, 0.5) is 5.69 Å². The SMILES string of the molecule is COc1ccc([N+](=O)[O-])c(OCC2(N)CCCCC2)n1. The molecule has 20 heavy (non-hydrogen) atoms. The highest BCUT2D eigenvalue weighted by Gasteiger charge is 2.30. The van der Waals surface area contributed by atoms with E-state index >= 15 is 0 Å². The predicted octanol–water partition coefficient (Wildman–Crippen LogP) is 2.04. The topological polar surface area (TPSA) is 101 Å². The van der Waals surface area contributed by atoms with E-state index in [2.05, 4.69) is 4.98 Å². The fourth-order valence-corrected chi connectivity index (χ4v) is 2.39. The summed E-state index contributed by atoms with van der Waals surface area (Å²) >= 11 is 0. The standard InChI is InChI=1S/C13H19N3O4/c1-19-11-6-5-10(16(17)18)12(15-11)20-9-13(14)7-3-2-4-8-13/h5-6H,2-4,7-9,14H2,1H3. The molecule has 0 amide bonds. The molecule has 0 saturated heterocycles. The minimum Gasteiger partial charge on any atom is -0.481 e. The monoisotopic (exact) mass is 281 g/mol. The van der Waals surface area contributed by atoms with Gasteiger partial charge in [0.2, 0.25) is 5.88 Å². The fraction of sp³-hybridized carbons (Fsp3) is 0.615. The van der Waals surface area contributed by atoms with Crippen LogP contribution < -0.4 is 15.2 Å². The smallest absolute Gasteiger partial charge is 0.331 e. The lowest BCUT2D eigenvalue weighted by atomic mass is 9.83. The van der Waals surface area contributed by atoms with Gasteiger partial charge in [-0.3, -0.25) is 10.1 Å². The van der Waals surface area contributed by atoms with E-state index in [1.807, 2.05) is 0 Å². The minimum atomic E-state index is -0.522. The first kappa shape index (κ1) is 14.5. The fourth-order valence-electron chi connectivity index (χ4n) is 2.39. The summed E-state index contributed by atoms with van der Waals surface area (Å²) < 4.78 is 10.5. The highest BCUT2D eigenvalue weighted by atomic mass is 16.6. The number of nitro groups is 1. The summed E-state index contributed by atoms with van der Waals surface area (Å²) in [5.74, 6) is 0.241. The van der Waals surface area contributed by atoms with Crippen LogP contribution in [0, 0.1) is 10.1 Å². The Hall–Kier alpha value is -1.89. The van der Waals surface area contributed by atoms with Gasteiger partial charge < -0.3 is 15.2 Å². The Morgan fingerprint density at radius 3 is 2.70 bits per heavy atom. The van der Waals surface area contributed by atoms with E-state index in [9.17, 15) is 10.1 Å². The zero-order chi connectivity index (χ0) is 14.6. The first-order chi connectivity index (χ1) is 9.54. The molecule has 0 spiro atoms. The molecule has 7 heteroatoms. The molecule has 0 bridgehead atoms. The van der Waals surface area contributed by atoms with Crippen molar-refractivity contribution in [1.29, 1.82) is 0 Å². The molecule has 0 aliphatic heterocycles. The van der Waals surface area contributed by atoms with E-state index < -0.39 is 10.5 Å². The van der Waals surface area contributed by atoms with Gasteiger partial charge in [-0.05, 0) is 12.8 Å². The molecule has 7 nitrogen and oxygen atoms in total. The van der Waals surface area contributed by atoms with Gasteiger partial charge in [-0.15, -0.1) is 0 Å². The van der Waals surface area contributed by atoms with Gasteiger partial charge in [-0.25, -0.2) is 0 Å². The van der Waals surface area contributed by atoms with Crippen LogP contribution in [0.5, 0.6) is 11.8 Å². The van der Waals surface area contributed by atoms with Crippen molar-refractivity contribution in [2.75, 3.05) is 13.7 Å². The van der Waals surface area contributed by atoms with Crippen LogP contribution in [0.15, 0.2) is 12.1 Å². The number of methoxy groups -OCH3 is 1. The number of nitrogens with two attached hydrogens (primary N) is 1. The molecule has 1 aromatic rings. The highest BCUT2D eigenvalue weighted by molar-refractivity contribution is 5.43. The molecule has 1 saturated carbocycles. The highest BCUT2D eigenvalue weighted by Crippen LogP contribution is 2.30. The first-order valence-electron chi connectivity index (χ1n) is 6.65. The van der Waals surface area contributed by atoms with Crippen LogP contribution in [0.2, 0.25) is 0 Å². The van der Waals surface area contributed by atoms with E-state index in [1.54, 1.807) is 0 Å². The molecule has 110 valence electrons. The third-order valence-corrected chi connectivity index (χ3v) is 3.57. The van der Waals surface area contributed by atoms with Crippen molar-refractivity contribution in [3.05, 3.63) is 22.2 Å². The van der Waals surface area contributed by atoms with Crippen molar-refractivity contribution in [3.63, 3.8) is 0 Å². The van der Waals surface area contributed by atoms with E-state index in [0.29, 0.717) is 0 Å². The van der Waals surface area contributed by atoms with Crippen molar-refractivity contribution in [2.24, 2.45) is 5.73 Å². The van der Waals surface area contributed by atoms with Crippen molar-refractivity contribution >= 4 is 5.69 Å². The Bertz CT molecular complexity index is 487. The maximum Gasteiger partial charge on any atom is 0.331 e. The molecule has 1 aliphatic carbocycles. The molecule has 0 aromatic carbocycles. The van der Waals surface area contributed by atoms with Gasteiger partial charge in [-0.2, -0.15) is 4.98 Å². The molecule has 0 unspecified atom stereocenters.